The first-order chi connectivity index (χ1) is 17.2. The first-order valence-electron chi connectivity index (χ1n) is 14.0. The van der Waals surface area contributed by atoms with Gasteiger partial charge in [-0.3, -0.25) is 4.55 Å². The van der Waals surface area contributed by atoms with Crippen LogP contribution < -0.4 is 0 Å². The second-order valence-corrected chi connectivity index (χ2v) is 13.8. The summed E-state index contributed by atoms with van der Waals surface area (Å²) < 4.78 is 38.5. The molecule has 210 valence electrons. The lowest BCUT2D eigenvalue weighted by atomic mass is 9.48. The quantitative estimate of drug-likeness (QED) is 0.153. The minimum atomic E-state index is -4.53. The van der Waals surface area contributed by atoms with Gasteiger partial charge in [0.1, 0.15) is 11.5 Å². The molecular formula is C30H48O6S. The number of rotatable bonds is 11. The van der Waals surface area contributed by atoms with Gasteiger partial charge >= 0.3 is 10.4 Å². The summed E-state index contributed by atoms with van der Waals surface area (Å²) in [6.07, 6.45) is 12.4. The molecule has 0 saturated heterocycles. The molecule has 2 fully saturated rings. The lowest BCUT2D eigenvalue weighted by molar-refractivity contribution is -0.0864. The maximum absolute atomic E-state index is 11.8. The molecule has 0 unspecified atom stereocenters. The van der Waals surface area contributed by atoms with Crippen LogP contribution in [0, 0.1) is 28.6 Å². The molecule has 37 heavy (non-hydrogen) atoms. The van der Waals surface area contributed by atoms with Gasteiger partial charge in [-0.1, -0.05) is 52.2 Å². The smallest absolute Gasteiger partial charge is 0.397 e. The second-order valence-electron chi connectivity index (χ2n) is 12.8. The van der Waals surface area contributed by atoms with Crippen molar-refractivity contribution in [2.45, 2.75) is 111 Å². The summed E-state index contributed by atoms with van der Waals surface area (Å²) in [4.78, 5) is 0. The monoisotopic (exact) mass is 536 g/mol. The van der Waals surface area contributed by atoms with E-state index in [1.54, 1.807) is 6.07 Å². The summed E-state index contributed by atoms with van der Waals surface area (Å²) in [6, 6.07) is 4.53. The van der Waals surface area contributed by atoms with Gasteiger partial charge in [0.25, 0.3) is 0 Å². The molecule has 2 aliphatic rings. The standard InChI is InChI=1S/C30H48O6S/c1-21(13-14-23-19-25(31)15-16-26(23)32)9-6-10-22(2)27(36-37(33,34)35)20-24-11-7-12-28-29(3,4)17-8-18-30(24,28)5/h13,15-16,19,22,24,27-28,31-32H,6-12,14,17-18,20H2,1-5H3,(H,33,34,35)/b21-13+/t22-,24+,27-,28+,30+/m1/s1. The Morgan fingerprint density at radius 1 is 1.16 bits per heavy atom. The van der Waals surface area contributed by atoms with Crippen molar-refractivity contribution in [2.75, 3.05) is 0 Å². The molecule has 0 bridgehead atoms. The van der Waals surface area contributed by atoms with Gasteiger partial charge in [0.05, 0.1) is 6.10 Å². The van der Waals surface area contributed by atoms with Gasteiger partial charge in [-0.05, 0) is 111 Å². The highest BCUT2D eigenvalue weighted by Gasteiger charge is 2.52. The lowest BCUT2D eigenvalue weighted by Crippen LogP contribution is -2.50. The lowest BCUT2D eigenvalue weighted by Gasteiger charge is -2.58. The third-order valence-corrected chi connectivity index (χ3v) is 10.1. The normalized spacial score (nSPS) is 27.9. The number of phenolic OH excluding ortho intramolecular Hbond substituents is 2. The molecule has 3 N–H and O–H groups in total. The Morgan fingerprint density at radius 2 is 1.89 bits per heavy atom. The van der Waals surface area contributed by atoms with Crippen molar-refractivity contribution in [3.05, 3.63) is 35.4 Å². The minimum absolute atomic E-state index is 0.00887. The summed E-state index contributed by atoms with van der Waals surface area (Å²) in [5.74, 6) is 1.31. The summed E-state index contributed by atoms with van der Waals surface area (Å²) in [7, 11) is -4.53. The van der Waals surface area contributed by atoms with Crippen molar-refractivity contribution in [3.8, 4) is 11.5 Å². The number of aromatic hydroxyl groups is 2. The Hall–Kier alpha value is -1.57. The van der Waals surface area contributed by atoms with Crippen molar-refractivity contribution in [1.29, 1.82) is 0 Å². The topological polar surface area (TPSA) is 104 Å². The average Bonchev–Trinajstić information content (AvgIpc) is 2.78. The number of benzene rings is 1. The first kappa shape index (κ1) is 30.0. The molecule has 0 amide bonds. The molecule has 6 nitrogen and oxygen atoms in total. The zero-order valence-corrected chi connectivity index (χ0v) is 24.2. The first-order valence-corrected chi connectivity index (χ1v) is 15.4. The molecule has 0 radical (unpaired) electrons. The molecule has 0 aliphatic heterocycles. The fraction of sp³-hybridized carbons (Fsp3) is 0.733. The SMILES string of the molecule is C/C(=C\Cc1cc(O)ccc1O)CCC[C@@H](C)[C@@H](C[C@@H]1CCC[C@H]2C(C)(C)CCC[C@@]12C)OS(=O)(=O)O. The van der Waals surface area contributed by atoms with Gasteiger partial charge in [-0.25, -0.2) is 4.18 Å². The van der Waals surface area contributed by atoms with Gasteiger partial charge < -0.3 is 10.2 Å². The molecular weight excluding hydrogens is 488 g/mol. The van der Waals surface area contributed by atoms with Crippen LogP contribution in [0.15, 0.2) is 29.8 Å². The number of hydrogen-bond acceptors (Lipinski definition) is 5. The molecule has 2 aliphatic carbocycles. The zero-order valence-electron chi connectivity index (χ0n) is 23.4. The van der Waals surface area contributed by atoms with Gasteiger partial charge in [0.2, 0.25) is 0 Å². The predicted molar refractivity (Wildman–Crippen MR) is 148 cm³/mol. The van der Waals surface area contributed by atoms with Crippen LogP contribution in [0.2, 0.25) is 0 Å². The minimum Gasteiger partial charge on any atom is -0.508 e. The van der Waals surface area contributed by atoms with E-state index in [1.165, 1.54) is 49.8 Å². The molecule has 0 aromatic heterocycles. The van der Waals surface area contributed by atoms with E-state index < -0.39 is 16.5 Å². The molecule has 2 saturated carbocycles. The molecule has 0 spiro atoms. The molecule has 3 rings (SSSR count). The van der Waals surface area contributed by atoms with Crippen molar-refractivity contribution in [2.24, 2.45) is 28.6 Å². The van der Waals surface area contributed by atoms with E-state index in [0.717, 1.165) is 25.7 Å². The van der Waals surface area contributed by atoms with E-state index in [2.05, 4.69) is 26.8 Å². The number of hydrogen-bond donors (Lipinski definition) is 3. The maximum atomic E-state index is 11.8. The molecule has 0 heterocycles. The van der Waals surface area contributed by atoms with E-state index in [9.17, 15) is 23.2 Å². The van der Waals surface area contributed by atoms with E-state index >= 15 is 0 Å². The number of fused-ring (bicyclic) bond motifs is 1. The Morgan fingerprint density at radius 3 is 2.59 bits per heavy atom. The Labute approximate surface area is 224 Å². The van der Waals surface area contributed by atoms with Crippen LogP contribution in [0.3, 0.4) is 0 Å². The third-order valence-electron chi connectivity index (χ3n) is 9.61. The highest BCUT2D eigenvalue weighted by Crippen LogP contribution is 2.61. The predicted octanol–water partition coefficient (Wildman–Crippen LogP) is 7.60. The second kappa shape index (κ2) is 12.1. The van der Waals surface area contributed by atoms with E-state index in [1.807, 2.05) is 13.8 Å². The number of allylic oxidation sites excluding steroid dienone is 2. The third kappa shape index (κ3) is 7.96. The van der Waals surface area contributed by atoms with Gasteiger partial charge in [-0.15, -0.1) is 0 Å². The molecule has 1 aromatic carbocycles. The van der Waals surface area contributed by atoms with Gasteiger partial charge in [-0.2, -0.15) is 8.42 Å². The largest absolute Gasteiger partial charge is 0.508 e. The van der Waals surface area contributed by atoms with Crippen LogP contribution in [-0.2, 0) is 21.0 Å². The van der Waals surface area contributed by atoms with Crippen LogP contribution in [0.25, 0.3) is 0 Å². The Balaban J connectivity index is 1.62. The molecule has 1 aromatic rings. The van der Waals surface area contributed by atoms with Gasteiger partial charge in [0.15, 0.2) is 0 Å². The van der Waals surface area contributed by atoms with Gasteiger partial charge in [0, 0.05) is 5.56 Å². The van der Waals surface area contributed by atoms with Crippen molar-refractivity contribution in [1.82, 2.24) is 0 Å². The van der Waals surface area contributed by atoms with Crippen LogP contribution in [0.5, 0.6) is 11.5 Å². The highest BCUT2D eigenvalue weighted by molar-refractivity contribution is 7.80. The van der Waals surface area contributed by atoms with Crippen molar-refractivity contribution >= 4 is 10.4 Å². The molecule has 5 atom stereocenters. The van der Waals surface area contributed by atoms with Crippen molar-refractivity contribution in [3.63, 3.8) is 0 Å². The van der Waals surface area contributed by atoms with Crippen LogP contribution in [-0.4, -0.2) is 29.3 Å². The fourth-order valence-corrected chi connectivity index (χ4v) is 8.05. The Kier molecular flexibility index (Phi) is 9.79. The zero-order chi connectivity index (χ0) is 27.4. The number of phenols is 2. The summed E-state index contributed by atoms with van der Waals surface area (Å²) in [6.45, 7) is 11.3. The summed E-state index contributed by atoms with van der Waals surface area (Å²) in [5.41, 5.74) is 2.33. The fourth-order valence-electron chi connectivity index (χ4n) is 7.47. The van der Waals surface area contributed by atoms with E-state index in [-0.39, 0.29) is 22.8 Å². The van der Waals surface area contributed by atoms with Crippen LogP contribution in [0.1, 0.15) is 104 Å². The van der Waals surface area contributed by atoms with E-state index in [0.29, 0.717) is 35.7 Å². The summed E-state index contributed by atoms with van der Waals surface area (Å²) >= 11 is 0. The molecule has 7 heteroatoms. The van der Waals surface area contributed by atoms with Crippen molar-refractivity contribution < 1.29 is 27.4 Å². The summed E-state index contributed by atoms with van der Waals surface area (Å²) in [5, 5.41) is 19.6. The highest BCUT2D eigenvalue weighted by atomic mass is 32.3. The van der Waals surface area contributed by atoms with E-state index in [4.69, 9.17) is 4.18 Å². The van der Waals surface area contributed by atoms with Crippen LogP contribution in [0.4, 0.5) is 0 Å². The maximum Gasteiger partial charge on any atom is 0.397 e. The average molecular weight is 537 g/mol. The van der Waals surface area contributed by atoms with Crippen LogP contribution >= 0.6 is 0 Å². The Bertz CT molecular complexity index is 1050.